The molecule has 0 spiro atoms. The third-order valence-corrected chi connectivity index (χ3v) is 5.49. The molecule has 6 nitrogen and oxygen atoms in total. The van der Waals surface area contributed by atoms with Crippen LogP contribution < -0.4 is 5.56 Å². The predicted molar refractivity (Wildman–Crippen MR) is 101 cm³/mol. The number of thiophene rings is 1. The highest BCUT2D eigenvalue weighted by Gasteiger charge is 2.24. The monoisotopic (exact) mass is 376 g/mol. The molecule has 0 radical (unpaired) electrons. The van der Waals surface area contributed by atoms with Gasteiger partial charge >= 0.3 is 0 Å². The zero-order valence-corrected chi connectivity index (χ0v) is 16.3. The Balaban J connectivity index is 1.96. The maximum atomic E-state index is 12.7. The summed E-state index contributed by atoms with van der Waals surface area (Å²) in [4.78, 5) is 22.5. The van der Waals surface area contributed by atoms with E-state index in [-0.39, 0.29) is 16.2 Å². The lowest BCUT2D eigenvalue weighted by atomic mass is 9.96. The first-order chi connectivity index (χ1) is 11.8. The van der Waals surface area contributed by atoms with Crippen molar-refractivity contribution in [2.75, 3.05) is 0 Å². The van der Waals surface area contributed by atoms with E-state index >= 15 is 0 Å². The number of rotatable bonds is 5. The molecule has 0 amide bonds. The van der Waals surface area contributed by atoms with E-state index in [0.29, 0.717) is 28.8 Å². The minimum atomic E-state index is -0.175. The van der Waals surface area contributed by atoms with Gasteiger partial charge in [0.05, 0.1) is 10.6 Å². The number of fused-ring (bicyclic) bond motifs is 1. The third-order valence-electron chi connectivity index (χ3n) is 3.60. The molecule has 1 atom stereocenters. The van der Waals surface area contributed by atoms with E-state index in [0.717, 1.165) is 4.83 Å². The molecule has 3 aromatic rings. The first-order valence-electron chi connectivity index (χ1n) is 7.91. The molecule has 0 bridgehead atoms. The fraction of sp³-hybridized carbons (Fsp3) is 0.412. The Morgan fingerprint density at radius 2 is 2.20 bits per heavy atom. The fourth-order valence-corrected chi connectivity index (χ4v) is 3.98. The van der Waals surface area contributed by atoms with Gasteiger partial charge in [-0.15, -0.1) is 17.9 Å². The van der Waals surface area contributed by atoms with Crippen LogP contribution in [0.4, 0.5) is 0 Å². The van der Waals surface area contributed by atoms with Gasteiger partial charge < -0.3 is 4.52 Å². The first-order valence-corrected chi connectivity index (χ1v) is 9.67. The van der Waals surface area contributed by atoms with E-state index in [1.165, 1.54) is 23.1 Å². The van der Waals surface area contributed by atoms with Gasteiger partial charge in [-0.1, -0.05) is 43.8 Å². The molecular formula is C17H20N4O2S2. The molecule has 0 aliphatic heterocycles. The smallest absolute Gasteiger partial charge is 0.263 e. The number of hydrogen-bond acceptors (Lipinski definition) is 7. The molecule has 0 aliphatic rings. The van der Waals surface area contributed by atoms with E-state index in [4.69, 9.17) is 4.52 Å². The summed E-state index contributed by atoms with van der Waals surface area (Å²) < 4.78 is 7.04. The van der Waals surface area contributed by atoms with Gasteiger partial charge in [0.1, 0.15) is 4.83 Å². The molecule has 25 heavy (non-hydrogen) atoms. The van der Waals surface area contributed by atoms with Gasteiger partial charge in [0, 0.05) is 12.0 Å². The predicted octanol–water partition coefficient (Wildman–Crippen LogP) is 4.18. The molecule has 0 unspecified atom stereocenters. The van der Waals surface area contributed by atoms with Crippen LogP contribution in [0.2, 0.25) is 0 Å². The van der Waals surface area contributed by atoms with Crippen molar-refractivity contribution in [3.05, 3.63) is 46.2 Å². The van der Waals surface area contributed by atoms with Gasteiger partial charge in [0.25, 0.3) is 5.56 Å². The number of allylic oxidation sites excluding steroid dienone is 1. The summed E-state index contributed by atoms with van der Waals surface area (Å²) in [6, 6.07) is 1.81. The summed E-state index contributed by atoms with van der Waals surface area (Å²) >= 11 is 2.89. The largest absolute Gasteiger partial charge is 0.338 e. The maximum absolute atomic E-state index is 12.7. The van der Waals surface area contributed by atoms with Crippen molar-refractivity contribution >= 4 is 33.3 Å². The lowest BCUT2D eigenvalue weighted by Crippen LogP contribution is -2.22. The van der Waals surface area contributed by atoms with Gasteiger partial charge in [-0.2, -0.15) is 4.98 Å². The van der Waals surface area contributed by atoms with Crippen molar-refractivity contribution in [3.8, 4) is 0 Å². The topological polar surface area (TPSA) is 73.8 Å². The van der Waals surface area contributed by atoms with Crippen LogP contribution in [0.3, 0.4) is 0 Å². The molecule has 3 heterocycles. The average molecular weight is 377 g/mol. The van der Waals surface area contributed by atoms with Crippen molar-refractivity contribution in [3.63, 3.8) is 0 Å². The van der Waals surface area contributed by atoms with Crippen LogP contribution in [0.5, 0.6) is 0 Å². The number of nitrogens with zero attached hydrogens (tertiary/aromatic N) is 4. The molecule has 0 saturated heterocycles. The Morgan fingerprint density at radius 1 is 1.44 bits per heavy atom. The summed E-state index contributed by atoms with van der Waals surface area (Å²) in [5.74, 6) is 1.20. The lowest BCUT2D eigenvalue weighted by molar-refractivity contribution is 0.364. The van der Waals surface area contributed by atoms with Crippen molar-refractivity contribution < 1.29 is 4.52 Å². The minimum Gasteiger partial charge on any atom is -0.338 e. The molecule has 3 rings (SSSR count). The second-order valence-corrected chi connectivity index (χ2v) is 8.91. The Kier molecular flexibility index (Phi) is 4.83. The quantitative estimate of drug-likeness (QED) is 0.378. The Morgan fingerprint density at radius 3 is 2.84 bits per heavy atom. The Hall–Kier alpha value is -1.93. The standard InChI is InChI=1S/C17H20N4O2S2/c1-6-8-21-14(22)11-7-9-24-13(11)19-16(21)25-10(2)12-18-15(20-23-12)17(3,4)5/h6-7,9-10H,1,8H2,2-5H3/t10-/m0/s1. The van der Waals surface area contributed by atoms with Crippen LogP contribution in [0.1, 0.15) is 44.7 Å². The van der Waals surface area contributed by atoms with Crippen molar-refractivity contribution in [2.45, 2.75) is 50.1 Å². The second kappa shape index (κ2) is 6.76. The van der Waals surface area contributed by atoms with Gasteiger partial charge in [-0.25, -0.2) is 4.98 Å². The fourth-order valence-electron chi connectivity index (χ4n) is 2.22. The number of thioether (sulfide) groups is 1. The molecule has 0 N–H and O–H groups in total. The summed E-state index contributed by atoms with van der Waals surface area (Å²) in [5.41, 5.74) is -0.229. The molecule has 132 valence electrons. The van der Waals surface area contributed by atoms with Crippen LogP contribution in [-0.4, -0.2) is 19.7 Å². The molecule has 0 fully saturated rings. The zero-order chi connectivity index (χ0) is 18.2. The summed E-state index contributed by atoms with van der Waals surface area (Å²) in [6.45, 7) is 12.2. The Bertz CT molecular complexity index is 965. The molecular weight excluding hydrogens is 356 g/mol. The average Bonchev–Trinajstić information content (AvgIpc) is 3.19. The highest BCUT2D eigenvalue weighted by Crippen LogP contribution is 2.34. The van der Waals surface area contributed by atoms with Gasteiger partial charge in [0.2, 0.25) is 5.89 Å². The first kappa shape index (κ1) is 17.9. The van der Waals surface area contributed by atoms with Crippen LogP contribution in [0.25, 0.3) is 10.2 Å². The highest BCUT2D eigenvalue weighted by molar-refractivity contribution is 7.99. The van der Waals surface area contributed by atoms with Crippen molar-refractivity contribution in [1.82, 2.24) is 19.7 Å². The molecule has 8 heteroatoms. The van der Waals surface area contributed by atoms with Crippen molar-refractivity contribution in [1.29, 1.82) is 0 Å². The normalized spacial score (nSPS) is 13.3. The van der Waals surface area contributed by atoms with Gasteiger partial charge in [-0.05, 0) is 18.4 Å². The van der Waals surface area contributed by atoms with Crippen LogP contribution in [-0.2, 0) is 12.0 Å². The van der Waals surface area contributed by atoms with E-state index in [9.17, 15) is 4.79 Å². The summed E-state index contributed by atoms with van der Waals surface area (Å²) in [6.07, 6.45) is 1.69. The van der Waals surface area contributed by atoms with Crippen molar-refractivity contribution in [2.24, 2.45) is 0 Å². The van der Waals surface area contributed by atoms with E-state index in [1.807, 2.05) is 33.1 Å². The number of aromatic nitrogens is 4. The van der Waals surface area contributed by atoms with Crippen LogP contribution in [0.15, 0.2) is 38.6 Å². The third kappa shape index (κ3) is 3.55. The summed E-state index contributed by atoms with van der Waals surface area (Å²) in [5, 5.41) is 7.09. The van der Waals surface area contributed by atoms with E-state index in [2.05, 4.69) is 21.7 Å². The molecule has 0 saturated carbocycles. The molecule has 0 aromatic carbocycles. The van der Waals surface area contributed by atoms with Gasteiger partial charge in [0.15, 0.2) is 11.0 Å². The molecule has 0 aliphatic carbocycles. The van der Waals surface area contributed by atoms with E-state index < -0.39 is 0 Å². The summed E-state index contributed by atoms with van der Waals surface area (Å²) in [7, 11) is 0. The maximum Gasteiger partial charge on any atom is 0.263 e. The van der Waals surface area contributed by atoms with Crippen LogP contribution >= 0.6 is 23.1 Å². The van der Waals surface area contributed by atoms with Crippen LogP contribution in [0, 0.1) is 0 Å². The zero-order valence-electron chi connectivity index (χ0n) is 14.6. The van der Waals surface area contributed by atoms with E-state index in [1.54, 1.807) is 16.7 Å². The van der Waals surface area contributed by atoms with Gasteiger partial charge in [-0.3, -0.25) is 9.36 Å². The number of hydrogen-bond donors (Lipinski definition) is 0. The SMILES string of the molecule is C=CCn1c(S[C@@H](C)c2nc(C(C)(C)C)no2)nc2sccc2c1=O. The minimum absolute atomic E-state index is 0.0539. The Labute approximate surface area is 154 Å². The second-order valence-electron chi connectivity index (χ2n) is 6.70. The molecule has 3 aromatic heterocycles. The lowest BCUT2D eigenvalue weighted by Gasteiger charge is -2.13. The highest BCUT2D eigenvalue weighted by atomic mass is 32.2.